The number of fused-ring (bicyclic) bond motifs is 4. The van der Waals surface area contributed by atoms with E-state index in [0.717, 1.165) is 87.2 Å². The first-order chi connectivity index (χ1) is 23.7. The fourth-order valence-corrected chi connectivity index (χ4v) is 8.66. The van der Waals surface area contributed by atoms with E-state index in [1.165, 1.54) is 4.88 Å². The molecule has 1 aliphatic carbocycles. The Morgan fingerprint density at radius 2 is 1.72 bits per heavy atom. The minimum absolute atomic E-state index is 0. The lowest BCUT2D eigenvalue weighted by molar-refractivity contribution is -0.122. The van der Waals surface area contributed by atoms with E-state index in [1.807, 2.05) is 43.5 Å². The van der Waals surface area contributed by atoms with E-state index in [2.05, 4.69) is 63.1 Å². The lowest BCUT2D eigenvalue weighted by Crippen LogP contribution is -2.45. The molecule has 5 aromatic rings. The third-order valence-corrected chi connectivity index (χ3v) is 11.4. The number of nitrogens with zero attached hydrogens (tertiary/aromatic N) is 6. The van der Waals surface area contributed by atoms with Crippen molar-refractivity contribution >= 4 is 59.7 Å². The van der Waals surface area contributed by atoms with Crippen LogP contribution in [0.1, 0.15) is 69.6 Å². The Kier molecular flexibility index (Phi) is 9.40. The number of Topliss-reactive ketones (excluding diaryl/α,β-unsaturated/α-hetero) is 1. The zero-order chi connectivity index (χ0) is 33.8. The zero-order valence-electron chi connectivity index (χ0n) is 28.2. The number of pyridine rings is 1. The fraction of sp³-hybridized carbons (Fsp3) is 0.316. The summed E-state index contributed by atoms with van der Waals surface area (Å²) in [7, 11) is 0. The van der Waals surface area contributed by atoms with Gasteiger partial charge in [-0.25, -0.2) is 4.98 Å². The van der Waals surface area contributed by atoms with Crippen LogP contribution >= 0.6 is 36.4 Å². The third-order valence-electron chi connectivity index (χ3n) is 9.97. The van der Waals surface area contributed by atoms with Crippen LogP contribution in [0.3, 0.4) is 0 Å². The van der Waals surface area contributed by atoms with Gasteiger partial charge >= 0.3 is 0 Å². The molecule has 1 N–H and O–H groups in total. The van der Waals surface area contributed by atoms with Gasteiger partial charge in [-0.15, -0.1) is 21.5 Å². The van der Waals surface area contributed by atoms with Gasteiger partial charge in [-0.1, -0.05) is 41.9 Å². The average molecular weight is 724 g/mol. The molecule has 8 rings (SSSR count). The summed E-state index contributed by atoms with van der Waals surface area (Å²) in [4.78, 5) is 39.3. The van der Waals surface area contributed by atoms with Crippen LogP contribution in [0.2, 0.25) is 5.02 Å². The average Bonchev–Trinajstić information content (AvgIpc) is 3.73. The summed E-state index contributed by atoms with van der Waals surface area (Å²) in [5.74, 6) is 2.60. The van der Waals surface area contributed by atoms with Crippen molar-refractivity contribution in [3.8, 4) is 16.1 Å². The number of carbonyl (C=O) groups excluding carboxylic acids is 2. The Morgan fingerprint density at radius 1 is 0.980 bits per heavy atom. The van der Waals surface area contributed by atoms with Gasteiger partial charge in [0.2, 0.25) is 5.91 Å². The van der Waals surface area contributed by atoms with E-state index in [-0.39, 0.29) is 37.6 Å². The van der Waals surface area contributed by atoms with Crippen LogP contribution in [0.25, 0.3) is 16.1 Å². The standard InChI is InChI=1S/C38H36ClN7O2S.H2S/c1-21-22(2)49-38-34(21)35(24-8-10-28(39)11-9-24)42-32(37-44-43-23(3)46(37)38)20-33(48)41-29-12-15-45(16-13-29)36-31(5-4-14-40-36)26-7-6-25-18-30(47)19-27(25)17-26;/h4-11,14,17,29,32H,12-13,15-16,18-20H2,1-3H3,(H,41,48);1H2/t32-;/m0./s1. The Labute approximate surface area is 307 Å². The molecule has 0 saturated carbocycles. The van der Waals surface area contributed by atoms with Crippen molar-refractivity contribution < 1.29 is 9.59 Å². The number of amides is 1. The molecule has 0 bridgehead atoms. The number of aliphatic imine (C=N–C) groups is 1. The zero-order valence-corrected chi connectivity index (χ0v) is 30.7. The molecule has 3 aliphatic rings. The van der Waals surface area contributed by atoms with E-state index < -0.39 is 6.04 Å². The highest BCUT2D eigenvalue weighted by molar-refractivity contribution is 7.59. The number of piperidine rings is 1. The molecule has 12 heteroatoms. The number of thiophene rings is 1. The van der Waals surface area contributed by atoms with E-state index in [0.29, 0.717) is 23.7 Å². The van der Waals surface area contributed by atoms with E-state index in [4.69, 9.17) is 21.6 Å². The maximum Gasteiger partial charge on any atom is 0.222 e. The molecular formula is C38H38ClN7O2S2. The summed E-state index contributed by atoms with van der Waals surface area (Å²) in [6, 6.07) is 17.6. The SMILES string of the molecule is Cc1sc2c(c1C)C(c1ccc(Cl)cc1)=N[C@@H](CC(=O)NC1CCN(c3ncccc3-c3ccc4c(c3)CC(=O)C4)CC1)c1nnc(C)n1-2.S. The molecule has 9 nitrogen and oxygen atoms in total. The quantitative estimate of drug-likeness (QED) is 0.206. The molecule has 0 radical (unpaired) electrons. The smallest absolute Gasteiger partial charge is 0.222 e. The summed E-state index contributed by atoms with van der Waals surface area (Å²) in [5.41, 5.74) is 8.38. The molecular weight excluding hydrogens is 686 g/mol. The molecule has 0 unspecified atom stereocenters. The number of benzene rings is 2. The first kappa shape index (κ1) is 34.1. The predicted octanol–water partition coefficient (Wildman–Crippen LogP) is 6.82. The molecule has 50 heavy (non-hydrogen) atoms. The van der Waals surface area contributed by atoms with Gasteiger partial charge in [-0.3, -0.25) is 19.1 Å². The third kappa shape index (κ3) is 6.27. The Bertz CT molecular complexity index is 2150. The van der Waals surface area contributed by atoms with Gasteiger partial charge in [0, 0.05) is 64.8 Å². The van der Waals surface area contributed by atoms with Gasteiger partial charge in [0.15, 0.2) is 5.82 Å². The number of carbonyl (C=O) groups is 2. The summed E-state index contributed by atoms with van der Waals surface area (Å²) in [6.07, 6.45) is 4.63. The highest BCUT2D eigenvalue weighted by Crippen LogP contribution is 2.40. The predicted molar refractivity (Wildman–Crippen MR) is 204 cm³/mol. The number of halogens is 1. The van der Waals surface area contributed by atoms with Gasteiger partial charge in [-0.2, -0.15) is 13.5 Å². The first-order valence-electron chi connectivity index (χ1n) is 16.7. The molecule has 1 fully saturated rings. The van der Waals surface area contributed by atoms with Gasteiger partial charge in [0.05, 0.1) is 12.1 Å². The second kappa shape index (κ2) is 13.8. The summed E-state index contributed by atoms with van der Waals surface area (Å²) in [6.45, 7) is 7.73. The van der Waals surface area contributed by atoms with E-state index >= 15 is 0 Å². The lowest BCUT2D eigenvalue weighted by Gasteiger charge is -2.34. The topological polar surface area (TPSA) is 105 Å². The van der Waals surface area contributed by atoms with Crippen LogP contribution in [-0.4, -0.2) is 56.3 Å². The van der Waals surface area contributed by atoms with Crippen LogP contribution in [-0.2, 0) is 22.4 Å². The molecule has 2 aromatic carbocycles. The summed E-state index contributed by atoms with van der Waals surface area (Å²) >= 11 is 7.96. The van der Waals surface area contributed by atoms with Crippen LogP contribution in [0.5, 0.6) is 0 Å². The number of nitrogens with one attached hydrogen (secondary N) is 1. The Hall–Kier alpha value is -4.32. The molecule has 0 spiro atoms. The normalized spacial score (nSPS) is 17.0. The maximum atomic E-state index is 13.7. The van der Waals surface area contributed by atoms with Crippen LogP contribution in [0.4, 0.5) is 5.82 Å². The number of aromatic nitrogens is 4. The Balaban J connectivity index is 0.00000392. The van der Waals surface area contributed by atoms with Crippen LogP contribution < -0.4 is 10.2 Å². The van der Waals surface area contributed by atoms with Gasteiger partial charge in [0.1, 0.15) is 28.5 Å². The van der Waals surface area contributed by atoms with Crippen molar-refractivity contribution in [2.75, 3.05) is 18.0 Å². The fourth-order valence-electron chi connectivity index (χ4n) is 7.32. The van der Waals surface area contributed by atoms with Crippen LogP contribution in [0, 0.1) is 20.8 Å². The lowest BCUT2D eigenvalue weighted by atomic mass is 9.99. The van der Waals surface area contributed by atoms with Crippen molar-refractivity contribution in [1.82, 2.24) is 25.1 Å². The Morgan fingerprint density at radius 3 is 2.50 bits per heavy atom. The monoisotopic (exact) mass is 723 g/mol. The number of aryl methyl sites for hydroxylation is 2. The molecule has 3 aromatic heterocycles. The van der Waals surface area contributed by atoms with Crippen molar-refractivity contribution in [3.63, 3.8) is 0 Å². The number of hydrogen-bond donors (Lipinski definition) is 1. The van der Waals surface area contributed by atoms with Crippen LogP contribution in [0.15, 0.2) is 65.8 Å². The van der Waals surface area contributed by atoms with Gasteiger partial charge in [-0.05, 0) is 80.1 Å². The highest BCUT2D eigenvalue weighted by Gasteiger charge is 2.33. The van der Waals surface area contributed by atoms with Crippen molar-refractivity contribution in [2.24, 2.45) is 4.99 Å². The number of anilines is 1. The molecule has 1 amide bonds. The van der Waals surface area contributed by atoms with Crippen molar-refractivity contribution in [1.29, 1.82) is 0 Å². The van der Waals surface area contributed by atoms with E-state index in [1.54, 1.807) is 11.3 Å². The molecule has 5 heterocycles. The second-order valence-electron chi connectivity index (χ2n) is 13.2. The van der Waals surface area contributed by atoms with E-state index in [9.17, 15) is 9.59 Å². The van der Waals surface area contributed by atoms with Gasteiger partial charge < -0.3 is 10.2 Å². The molecule has 1 atom stereocenters. The van der Waals surface area contributed by atoms with Gasteiger partial charge in [0.25, 0.3) is 0 Å². The molecule has 256 valence electrons. The minimum Gasteiger partial charge on any atom is -0.356 e. The summed E-state index contributed by atoms with van der Waals surface area (Å²) in [5, 5.41) is 14.0. The maximum absolute atomic E-state index is 13.7. The summed E-state index contributed by atoms with van der Waals surface area (Å²) < 4.78 is 2.08. The highest BCUT2D eigenvalue weighted by atomic mass is 35.5. The first-order valence-corrected chi connectivity index (χ1v) is 17.9. The van der Waals surface area contributed by atoms with Crippen molar-refractivity contribution in [2.45, 2.75) is 65.0 Å². The second-order valence-corrected chi connectivity index (χ2v) is 14.8. The largest absolute Gasteiger partial charge is 0.356 e. The molecule has 1 saturated heterocycles. The van der Waals surface area contributed by atoms with Crippen molar-refractivity contribution in [3.05, 3.63) is 110 Å². The number of hydrogen-bond acceptors (Lipinski definition) is 8. The number of ketones is 1. The molecule has 2 aliphatic heterocycles. The number of rotatable bonds is 6. The minimum atomic E-state index is -0.509.